The summed E-state index contributed by atoms with van der Waals surface area (Å²) < 4.78 is 13.4. The number of pyridine rings is 1. The average molecular weight is 251 g/mol. The number of rotatable bonds is 2. The van der Waals surface area contributed by atoms with Crippen molar-refractivity contribution in [3.05, 3.63) is 66.1 Å². The molecule has 0 spiro atoms. The van der Waals surface area contributed by atoms with Crippen molar-refractivity contribution in [2.24, 2.45) is 0 Å². The molecule has 0 aliphatic rings. The molecule has 0 aliphatic carbocycles. The highest BCUT2D eigenvalue weighted by atomic mass is 19.1. The monoisotopic (exact) mass is 251 g/mol. The van der Waals surface area contributed by atoms with Gasteiger partial charge in [-0.1, -0.05) is 43.3 Å². The van der Waals surface area contributed by atoms with Crippen LogP contribution in [0.4, 0.5) is 4.39 Å². The molecule has 0 saturated heterocycles. The molecule has 0 bridgehead atoms. The second-order valence-corrected chi connectivity index (χ2v) is 4.55. The van der Waals surface area contributed by atoms with E-state index in [1.807, 2.05) is 24.3 Å². The van der Waals surface area contributed by atoms with Crippen molar-refractivity contribution in [3.63, 3.8) is 0 Å². The van der Waals surface area contributed by atoms with Gasteiger partial charge in [0.25, 0.3) is 0 Å². The molecule has 0 fully saturated rings. The summed E-state index contributed by atoms with van der Waals surface area (Å²) in [6, 6.07) is 16.8. The van der Waals surface area contributed by atoms with Gasteiger partial charge < -0.3 is 0 Å². The first-order valence-electron chi connectivity index (χ1n) is 6.42. The van der Waals surface area contributed by atoms with Crippen molar-refractivity contribution < 1.29 is 4.39 Å². The standard InChI is InChI=1S/C17H14FN/c1-2-15-11-12-6-3-4-9-16(12)17(19-15)13-7-5-8-14(18)10-13/h3-11H,2H2,1H3. The second-order valence-electron chi connectivity index (χ2n) is 4.55. The molecule has 3 aromatic rings. The van der Waals surface area contributed by atoms with Gasteiger partial charge in [0.15, 0.2) is 0 Å². The number of halogens is 1. The van der Waals surface area contributed by atoms with Crippen LogP contribution in [0.3, 0.4) is 0 Å². The molecule has 0 radical (unpaired) electrons. The zero-order valence-electron chi connectivity index (χ0n) is 10.7. The zero-order chi connectivity index (χ0) is 13.2. The molecule has 2 heteroatoms. The first kappa shape index (κ1) is 11.8. The van der Waals surface area contributed by atoms with Crippen LogP contribution >= 0.6 is 0 Å². The van der Waals surface area contributed by atoms with Gasteiger partial charge >= 0.3 is 0 Å². The SMILES string of the molecule is CCc1cc2ccccc2c(-c2cccc(F)c2)n1. The Labute approximate surface area is 111 Å². The Hall–Kier alpha value is -2.22. The van der Waals surface area contributed by atoms with Crippen LogP contribution < -0.4 is 0 Å². The summed E-state index contributed by atoms with van der Waals surface area (Å²) >= 11 is 0. The van der Waals surface area contributed by atoms with Gasteiger partial charge in [0.05, 0.1) is 5.69 Å². The maximum Gasteiger partial charge on any atom is 0.123 e. The number of aromatic nitrogens is 1. The lowest BCUT2D eigenvalue weighted by Gasteiger charge is -2.09. The third-order valence-electron chi connectivity index (χ3n) is 3.25. The normalized spacial score (nSPS) is 10.8. The zero-order valence-corrected chi connectivity index (χ0v) is 10.7. The van der Waals surface area contributed by atoms with E-state index in [1.54, 1.807) is 6.07 Å². The molecular weight excluding hydrogens is 237 g/mol. The van der Waals surface area contributed by atoms with Gasteiger partial charge in [-0.05, 0) is 30.0 Å². The van der Waals surface area contributed by atoms with E-state index >= 15 is 0 Å². The Balaban J connectivity index is 2.32. The molecule has 0 unspecified atom stereocenters. The van der Waals surface area contributed by atoms with Crippen LogP contribution in [0.15, 0.2) is 54.6 Å². The summed E-state index contributed by atoms with van der Waals surface area (Å²) in [5, 5.41) is 2.21. The van der Waals surface area contributed by atoms with E-state index in [9.17, 15) is 4.39 Å². The predicted octanol–water partition coefficient (Wildman–Crippen LogP) is 4.60. The van der Waals surface area contributed by atoms with E-state index < -0.39 is 0 Å². The van der Waals surface area contributed by atoms with Crippen LogP contribution in [-0.2, 0) is 6.42 Å². The quantitative estimate of drug-likeness (QED) is 0.648. The molecular formula is C17H14FN. The van der Waals surface area contributed by atoms with E-state index in [-0.39, 0.29) is 5.82 Å². The lowest BCUT2D eigenvalue weighted by Crippen LogP contribution is -1.93. The minimum absolute atomic E-state index is 0.231. The Morgan fingerprint density at radius 3 is 2.63 bits per heavy atom. The predicted molar refractivity (Wildman–Crippen MR) is 76.5 cm³/mol. The van der Waals surface area contributed by atoms with Crippen molar-refractivity contribution in [1.82, 2.24) is 4.98 Å². The maximum absolute atomic E-state index is 13.4. The van der Waals surface area contributed by atoms with E-state index in [0.717, 1.165) is 34.1 Å². The largest absolute Gasteiger partial charge is 0.252 e. The Kier molecular flexibility index (Phi) is 3.00. The summed E-state index contributed by atoms with van der Waals surface area (Å²) in [6.45, 7) is 2.08. The van der Waals surface area contributed by atoms with Gasteiger partial charge in [-0.15, -0.1) is 0 Å². The summed E-state index contributed by atoms with van der Waals surface area (Å²) in [4.78, 5) is 4.66. The summed E-state index contributed by atoms with van der Waals surface area (Å²) in [6.07, 6.45) is 0.868. The highest BCUT2D eigenvalue weighted by Crippen LogP contribution is 2.28. The first-order valence-corrected chi connectivity index (χ1v) is 6.42. The van der Waals surface area contributed by atoms with E-state index in [4.69, 9.17) is 0 Å². The fraction of sp³-hybridized carbons (Fsp3) is 0.118. The fourth-order valence-corrected chi connectivity index (χ4v) is 2.29. The number of hydrogen-bond acceptors (Lipinski definition) is 1. The highest BCUT2D eigenvalue weighted by Gasteiger charge is 2.08. The van der Waals surface area contributed by atoms with E-state index in [2.05, 4.69) is 24.0 Å². The van der Waals surface area contributed by atoms with Crippen LogP contribution in [0.25, 0.3) is 22.0 Å². The van der Waals surface area contributed by atoms with Crippen molar-refractivity contribution in [2.45, 2.75) is 13.3 Å². The van der Waals surface area contributed by atoms with Crippen molar-refractivity contribution in [3.8, 4) is 11.3 Å². The van der Waals surface area contributed by atoms with Crippen LogP contribution in [0.5, 0.6) is 0 Å². The molecule has 1 aromatic heterocycles. The smallest absolute Gasteiger partial charge is 0.123 e. The number of benzene rings is 2. The van der Waals surface area contributed by atoms with Crippen molar-refractivity contribution in [1.29, 1.82) is 0 Å². The molecule has 1 nitrogen and oxygen atoms in total. The second kappa shape index (κ2) is 4.81. The third-order valence-corrected chi connectivity index (χ3v) is 3.25. The van der Waals surface area contributed by atoms with E-state index in [0.29, 0.717) is 0 Å². The van der Waals surface area contributed by atoms with Crippen LogP contribution in [0.2, 0.25) is 0 Å². The lowest BCUT2D eigenvalue weighted by atomic mass is 10.0. The fourth-order valence-electron chi connectivity index (χ4n) is 2.29. The average Bonchev–Trinajstić information content (AvgIpc) is 2.46. The Bertz CT molecular complexity index is 734. The molecule has 1 heterocycles. The summed E-state index contributed by atoms with van der Waals surface area (Å²) in [5.41, 5.74) is 2.71. The number of nitrogens with zero attached hydrogens (tertiary/aromatic N) is 1. The van der Waals surface area contributed by atoms with Gasteiger partial charge in [-0.2, -0.15) is 0 Å². The molecule has 0 N–H and O–H groups in total. The lowest BCUT2D eigenvalue weighted by molar-refractivity contribution is 0.628. The molecule has 0 atom stereocenters. The molecule has 2 aromatic carbocycles. The molecule has 19 heavy (non-hydrogen) atoms. The summed E-state index contributed by atoms with van der Waals surface area (Å²) in [5.74, 6) is -0.231. The van der Waals surface area contributed by atoms with Crippen LogP contribution in [0, 0.1) is 5.82 Å². The third kappa shape index (κ3) is 2.22. The number of aryl methyl sites for hydroxylation is 1. The topological polar surface area (TPSA) is 12.9 Å². The Morgan fingerprint density at radius 2 is 1.84 bits per heavy atom. The van der Waals surface area contributed by atoms with Gasteiger partial charge in [0.1, 0.15) is 5.82 Å². The Morgan fingerprint density at radius 1 is 1.00 bits per heavy atom. The molecule has 0 amide bonds. The minimum atomic E-state index is -0.231. The molecule has 94 valence electrons. The van der Waals surface area contributed by atoms with Gasteiger partial charge in [-0.25, -0.2) is 4.39 Å². The van der Waals surface area contributed by atoms with Gasteiger partial charge in [0, 0.05) is 16.6 Å². The van der Waals surface area contributed by atoms with Gasteiger partial charge in [0.2, 0.25) is 0 Å². The van der Waals surface area contributed by atoms with Crippen molar-refractivity contribution >= 4 is 10.8 Å². The summed E-state index contributed by atoms with van der Waals surface area (Å²) in [7, 11) is 0. The maximum atomic E-state index is 13.4. The van der Waals surface area contributed by atoms with E-state index in [1.165, 1.54) is 12.1 Å². The highest BCUT2D eigenvalue weighted by molar-refractivity contribution is 5.94. The minimum Gasteiger partial charge on any atom is -0.252 e. The van der Waals surface area contributed by atoms with Crippen LogP contribution in [-0.4, -0.2) is 4.98 Å². The first-order chi connectivity index (χ1) is 9.28. The molecule has 0 saturated carbocycles. The number of fused-ring (bicyclic) bond motifs is 1. The van der Waals surface area contributed by atoms with Gasteiger partial charge in [-0.3, -0.25) is 4.98 Å². The van der Waals surface area contributed by atoms with Crippen LogP contribution in [0.1, 0.15) is 12.6 Å². The van der Waals surface area contributed by atoms with Crippen molar-refractivity contribution in [2.75, 3.05) is 0 Å². The molecule has 0 aliphatic heterocycles. The molecule has 3 rings (SSSR count). The number of hydrogen-bond donors (Lipinski definition) is 0.